The molecule has 0 saturated heterocycles. The van der Waals surface area contributed by atoms with Crippen molar-refractivity contribution in [3.63, 3.8) is 0 Å². The van der Waals surface area contributed by atoms with Crippen LogP contribution in [0.5, 0.6) is 11.5 Å². The van der Waals surface area contributed by atoms with Gasteiger partial charge in [-0.15, -0.1) is 0 Å². The largest absolute Gasteiger partial charge is 0.497 e. The molecule has 0 atom stereocenters. The minimum Gasteiger partial charge on any atom is -0.497 e. The second-order valence-electron chi connectivity index (χ2n) is 5.05. The maximum atomic E-state index is 12.0. The fraction of sp³-hybridized carbons (Fsp3) is 0.222. The van der Waals surface area contributed by atoms with E-state index in [4.69, 9.17) is 21.7 Å². The second-order valence-corrected chi connectivity index (χ2v) is 5.46. The molecule has 0 fully saturated rings. The smallest absolute Gasteiger partial charge is 0.226 e. The summed E-state index contributed by atoms with van der Waals surface area (Å²) in [5, 5.41) is 5.87. The Balaban J connectivity index is 1.87. The zero-order valence-electron chi connectivity index (χ0n) is 13.7. The molecule has 0 radical (unpaired) electrons. The lowest BCUT2D eigenvalue weighted by atomic mass is 10.1. The number of carbonyl (C=O) groups is 1. The number of hydrogen-bond acceptors (Lipinski definition) is 4. The van der Waals surface area contributed by atoms with Crippen LogP contribution in [-0.4, -0.2) is 25.2 Å². The Morgan fingerprint density at radius 1 is 1.08 bits per heavy atom. The minimum atomic E-state index is -0.135. The number of methoxy groups -OCH3 is 2. The number of hydrogen-bond donors (Lipinski definition) is 2. The number of thiocarbonyl (C=S) groups is 1. The molecule has 0 aliphatic carbocycles. The van der Waals surface area contributed by atoms with Crippen LogP contribution in [0.1, 0.15) is 12.0 Å². The molecule has 2 aromatic rings. The number of aryl methyl sites for hydroxylation is 1. The van der Waals surface area contributed by atoms with E-state index in [2.05, 4.69) is 10.6 Å². The van der Waals surface area contributed by atoms with Crippen LogP contribution >= 0.6 is 12.2 Å². The third-order valence-corrected chi connectivity index (χ3v) is 3.60. The minimum absolute atomic E-state index is 0.135. The van der Waals surface area contributed by atoms with Crippen LogP contribution in [0.15, 0.2) is 48.5 Å². The van der Waals surface area contributed by atoms with Gasteiger partial charge in [0.2, 0.25) is 5.91 Å². The average molecular weight is 344 g/mol. The summed E-state index contributed by atoms with van der Waals surface area (Å²) in [6, 6.07) is 15.1. The monoisotopic (exact) mass is 344 g/mol. The van der Waals surface area contributed by atoms with Crippen molar-refractivity contribution in [2.45, 2.75) is 12.8 Å². The van der Waals surface area contributed by atoms with Gasteiger partial charge in [0.05, 0.1) is 19.9 Å². The highest BCUT2D eigenvalue weighted by molar-refractivity contribution is 7.80. The third-order valence-electron chi connectivity index (χ3n) is 3.39. The summed E-state index contributed by atoms with van der Waals surface area (Å²) >= 11 is 5.18. The molecule has 0 saturated carbocycles. The molecule has 126 valence electrons. The van der Waals surface area contributed by atoms with Crippen LogP contribution in [0.4, 0.5) is 5.69 Å². The standard InChI is InChI=1S/C18H20N2O3S/c1-22-14-9-10-15(16(12-14)23-2)19-18(24)20-17(21)11-8-13-6-4-3-5-7-13/h3-7,9-10,12H,8,11H2,1-2H3,(H2,19,20,21,24). The number of carbonyl (C=O) groups excluding carboxylic acids is 1. The molecule has 2 aromatic carbocycles. The van der Waals surface area contributed by atoms with Crippen molar-refractivity contribution in [3.8, 4) is 11.5 Å². The Hall–Kier alpha value is -2.60. The first-order chi connectivity index (χ1) is 11.6. The molecule has 0 aliphatic rings. The predicted octanol–water partition coefficient (Wildman–Crippen LogP) is 3.15. The van der Waals surface area contributed by atoms with Crippen LogP contribution in [-0.2, 0) is 11.2 Å². The second kappa shape index (κ2) is 8.88. The molecule has 0 bridgehead atoms. The lowest BCUT2D eigenvalue weighted by molar-refractivity contribution is -0.119. The SMILES string of the molecule is COc1ccc(NC(=S)NC(=O)CCc2ccccc2)c(OC)c1. The van der Waals surface area contributed by atoms with Gasteiger partial charge in [0, 0.05) is 12.5 Å². The zero-order valence-corrected chi connectivity index (χ0v) is 14.5. The van der Waals surface area contributed by atoms with Gasteiger partial charge in [-0.25, -0.2) is 0 Å². The van der Waals surface area contributed by atoms with E-state index < -0.39 is 0 Å². The maximum Gasteiger partial charge on any atom is 0.226 e. The lowest BCUT2D eigenvalue weighted by Crippen LogP contribution is -2.34. The van der Waals surface area contributed by atoms with Crippen molar-refractivity contribution >= 4 is 28.9 Å². The van der Waals surface area contributed by atoms with Gasteiger partial charge in [0.1, 0.15) is 11.5 Å². The average Bonchev–Trinajstić information content (AvgIpc) is 2.61. The van der Waals surface area contributed by atoms with Crippen LogP contribution in [0.25, 0.3) is 0 Å². The lowest BCUT2D eigenvalue weighted by Gasteiger charge is -2.13. The Morgan fingerprint density at radius 3 is 2.50 bits per heavy atom. The number of amides is 1. The molecular weight excluding hydrogens is 324 g/mol. The molecule has 5 nitrogen and oxygen atoms in total. The van der Waals surface area contributed by atoms with Gasteiger partial charge in [0.25, 0.3) is 0 Å². The molecule has 0 spiro atoms. The highest BCUT2D eigenvalue weighted by Gasteiger charge is 2.09. The fourth-order valence-electron chi connectivity index (χ4n) is 2.15. The van der Waals surface area contributed by atoms with Gasteiger partial charge >= 0.3 is 0 Å². The predicted molar refractivity (Wildman–Crippen MR) is 98.7 cm³/mol. The first-order valence-corrected chi connectivity index (χ1v) is 7.90. The number of anilines is 1. The summed E-state index contributed by atoms with van der Waals surface area (Å²) in [5.41, 5.74) is 1.77. The summed E-state index contributed by atoms with van der Waals surface area (Å²) in [5.74, 6) is 1.12. The first kappa shape index (κ1) is 17.7. The van der Waals surface area contributed by atoms with Crippen LogP contribution in [0.3, 0.4) is 0 Å². The van der Waals surface area contributed by atoms with Gasteiger partial charge in [-0.2, -0.15) is 0 Å². The van der Waals surface area contributed by atoms with Crippen LogP contribution < -0.4 is 20.1 Å². The molecule has 0 heterocycles. The first-order valence-electron chi connectivity index (χ1n) is 7.49. The third kappa shape index (κ3) is 5.24. The summed E-state index contributed by atoms with van der Waals surface area (Å²) in [4.78, 5) is 12.0. The number of nitrogens with one attached hydrogen (secondary N) is 2. The fourth-order valence-corrected chi connectivity index (χ4v) is 2.37. The Kier molecular flexibility index (Phi) is 6.57. The molecule has 6 heteroatoms. The summed E-state index contributed by atoms with van der Waals surface area (Å²) in [7, 11) is 3.14. The van der Waals surface area contributed by atoms with E-state index in [0.29, 0.717) is 30.0 Å². The van der Waals surface area contributed by atoms with Crippen molar-refractivity contribution in [2.75, 3.05) is 19.5 Å². The Morgan fingerprint density at radius 2 is 1.83 bits per heavy atom. The summed E-state index contributed by atoms with van der Waals surface area (Å²) < 4.78 is 10.4. The molecule has 2 rings (SSSR count). The van der Waals surface area contributed by atoms with Crippen LogP contribution in [0.2, 0.25) is 0 Å². The molecule has 0 aliphatic heterocycles. The van der Waals surface area contributed by atoms with Gasteiger partial charge in [-0.1, -0.05) is 30.3 Å². The van der Waals surface area contributed by atoms with E-state index in [9.17, 15) is 4.79 Å². The highest BCUT2D eigenvalue weighted by atomic mass is 32.1. The molecule has 0 unspecified atom stereocenters. The molecular formula is C18H20N2O3S. The Bertz CT molecular complexity index is 705. The van der Waals surface area contributed by atoms with Crippen LogP contribution in [0, 0.1) is 0 Å². The van der Waals surface area contributed by atoms with Gasteiger partial charge in [0.15, 0.2) is 5.11 Å². The number of ether oxygens (including phenoxy) is 2. The number of benzene rings is 2. The van der Waals surface area contributed by atoms with Crippen molar-refractivity contribution in [1.29, 1.82) is 0 Å². The van der Waals surface area contributed by atoms with E-state index in [0.717, 1.165) is 5.56 Å². The van der Waals surface area contributed by atoms with E-state index in [-0.39, 0.29) is 11.0 Å². The molecule has 0 aromatic heterocycles. The van der Waals surface area contributed by atoms with Gasteiger partial charge < -0.3 is 20.1 Å². The van der Waals surface area contributed by atoms with Crippen molar-refractivity contribution in [2.24, 2.45) is 0 Å². The zero-order chi connectivity index (χ0) is 17.4. The molecule has 24 heavy (non-hydrogen) atoms. The molecule has 2 N–H and O–H groups in total. The normalized spacial score (nSPS) is 9.92. The van der Waals surface area contributed by atoms with E-state index >= 15 is 0 Å². The highest BCUT2D eigenvalue weighted by Crippen LogP contribution is 2.28. The number of rotatable bonds is 6. The van der Waals surface area contributed by atoms with Crippen molar-refractivity contribution < 1.29 is 14.3 Å². The summed E-state index contributed by atoms with van der Waals surface area (Å²) in [6.07, 6.45) is 1.03. The van der Waals surface area contributed by atoms with Gasteiger partial charge in [-0.3, -0.25) is 4.79 Å². The quantitative estimate of drug-likeness (QED) is 0.789. The topological polar surface area (TPSA) is 59.6 Å². The van der Waals surface area contributed by atoms with Crippen molar-refractivity contribution in [3.05, 3.63) is 54.1 Å². The maximum absolute atomic E-state index is 12.0. The van der Waals surface area contributed by atoms with E-state index in [1.54, 1.807) is 32.4 Å². The van der Waals surface area contributed by atoms with Crippen molar-refractivity contribution in [1.82, 2.24) is 5.32 Å². The summed E-state index contributed by atoms with van der Waals surface area (Å²) in [6.45, 7) is 0. The van der Waals surface area contributed by atoms with E-state index in [1.165, 1.54) is 0 Å². The molecule has 1 amide bonds. The Labute approximate surface area is 147 Å². The van der Waals surface area contributed by atoms with Gasteiger partial charge in [-0.05, 0) is 36.3 Å². The van der Waals surface area contributed by atoms with E-state index in [1.807, 2.05) is 30.3 Å².